The fourth-order valence-electron chi connectivity index (χ4n) is 1.20. The lowest BCUT2D eigenvalue weighted by atomic mass is 10.1. The zero-order valence-corrected chi connectivity index (χ0v) is 10.9. The molecule has 0 amide bonds. The Labute approximate surface area is 107 Å². The molecule has 84 valence electrons. The van der Waals surface area contributed by atoms with Gasteiger partial charge in [-0.25, -0.2) is 4.79 Å². The molecule has 0 heterocycles. The molecule has 0 N–H and O–H groups in total. The highest BCUT2D eigenvalue weighted by Crippen LogP contribution is 2.24. The fraction of sp³-hybridized carbons (Fsp3) is 0.273. The van der Waals surface area contributed by atoms with Crippen molar-refractivity contribution in [3.63, 3.8) is 0 Å². The van der Waals surface area contributed by atoms with Crippen LogP contribution in [-0.2, 0) is 10.6 Å². The number of esters is 1. The van der Waals surface area contributed by atoms with Gasteiger partial charge in [-0.05, 0) is 24.6 Å². The van der Waals surface area contributed by atoms with Crippen molar-refractivity contribution in [1.29, 1.82) is 5.26 Å². The summed E-state index contributed by atoms with van der Waals surface area (Å²) < 4.78 is 5.50. The maximum atomic E-state index is 11.5. The van der Waals surface area contributed by atoms with E-state index in [0.29, 0.717) is 27.8 Å². The van der Waals surface area contributed by atoms with Crippen LogP contribution in [0.15, 0.2) is 16.6 Å². The molecule has 0 fully saturated rings. The lowest BCUT2D eigenvalue weighted by Crippen LogP contribution is -2.06. The Morgan fingerprint density at radius 3 is 2.81 bits per heavy atom. The fourth-order valence-corrected chi connectivity index (χ4v) is 2.25. The smallest absolute Gasteiger partial charge is 0.338 e. The van der Waals surface area contributed by atoms with E-state index in [1.54, 1.807) is 13.0 Å². The van der Waals surface area contributed by atoms with Gasteiger partial charge < -0.3 is 4.74 Å². The molecule has 0 saturated carbocycles. The standard InChI is InChI=1S/C11H9BrClNO2/c1-2-16-11(15)7-3-8(6-14)9(5-13)10(12)4-7/h3-4H,2,5H2,1H3. The Hall–Kier alpha value is -1.05. The van der Waals surface area contributed by atoms with Crippen LogP contribution < -0.4 is 0 Å². The average Bonchev–Trinajstić information content (AvgIpc) is 2.28. The van der Waals surface area contributed by atoms with E-state index < -0.39 is 5.97 Å². The number of halogens is 2. The highest BCUT2D eigenvalue weighted by atomic mass is 79.9. The molecular weight excluding hydrogens is 293 g/mol. The van der Waals surface area contributed by atoms with Gasteiger partial charge in [-0.15, -0.1) is 11.6 Å². The molecule has 0 aliphatic carbocycles. The van der Waals surface area contributed by atoms with Crippen LogP contribution >= 0.6 is 27.5 Å². The molecule has 0 aromatic heterocycles. The van der Waals surface area contributed by atoms with Gasteiger partial charge in [0.25, 0.3) is 0 Å². The third kappa shape index (κ3) is 2.75. The molecule has 3 nitrogen and oxygen atoms in total. The number of alkyl halides is 1. The average molecular weight is 303 g/mol. The van der Waals surface area contributed by atoms with Crippen LogP contribution in [0, 0.1) is 11.3 Å². The Kier molecular flexibility index (Phi) is 4.78. The Morgan fingerprint density at radius 1 is 1.62 bits per heavy atom. The molecule has 16 heavy (non-hydrogen) atoms. The van der Waals surface area contributed by atoms with E-state index in [2.05, 4.69) is 15.9 Å². The van der Waals surface area contributed by atoms with Crippen LogP contribution in [0.2, 0.25) is 0 Å². The highest BCUT2D eigenvalue weighted by Gasteiger charge is 2.13. The summed E-state index contributed by atoms with van der Waals surface area (Å²) in [6.45, 7) is 2.03. The first-order valence-corrected chi connectivity index (χ1v) is 5.92. The summed E-state index contributed by atoms with van der Waals surface area (Å²) in [6.07, 6.45) is 0. The number of hydrogen-bond donors (Lipinski definition) is 0. The predicted molar refractivity (Wildman–Crippen MR) is 64.4 cm³/mol. The highest BCUT2D eigenvalue weighted by molar-refractivity contribution is 9.10. The van der Waals surface area contributed by atoms with Gasteiger partial charge in [0.2, 0.25) is 0 Å². The summed E-state index contributed by atoms with van der Waals surface area (Å²) >= 11 is 8.99. The van der Waals surface area contributed by atoms with Gasteiger partial charge in [0, 0.05) is 10.4 Å². The minimum atomic E-state index is -0.444. The third-order valence-corrected chi connectivity index (χ3v) is 2.94. The summed E-state index contributed by atoms with van der Waals surface area (Å²) in [6, 6.07) is 5.10. The van der Waals surface area contributed by atoms with E-state index >= 15 is 0 Å². The van der Waals surface area contributed by atoms with Crippen LogP contribution in [0.3, 0.4) is 0 Å². The second-order valence-electron chi connectivity index (χ2n) is 2.95. The van der Waals surface area contributed by atoms with E-state index in [-0.39, 0.29) is 5.88 Å². The lowest BCUT2D eigenvalue weighted by molar-refractivity contribution is 0.0526. The predicted octanol–water partition coefficient (Wildman–Crippen LogP) is 3.24. The third-order valence-electron chi connectivity index (χ3n) is 1.96. The Morgan fingerprint density at radius 2 is 2.31 bits per heavy atom. The van der Waals surface area contributed by atoms with Crippen molar-refractivity contribution in [2.45, 2.75) is 12.8 Å². The van der Waals surface area contributed by atoms with Crippen molar-refractivity contribution < 1.29 is 9.53 Å². The number of nitrogens with zero attached hydrogens (tertiary/aromatic N) is 1. The van der Waals surface area contributed by atoms with Crippen LogP contribution in [0.4, 0.5) is 0 Å². The topological polar surface area (TPSA) is 50.1 Å². The molecule has 0 unspecified atom stereocenters. The number of ether oxygens (including phenoxy) is 1. The van der Waals surface area contributed by atoms with Crippen molar-refractivity contribution in [3.8, 4) is 6.07 Å². The maximum absolute atomic E-state index is 11.5. The van der Waals surface area contributed by atoms with E-state index in [0.717, 1.165) is 0 Å². The molecule has 0 saturated heterocycles. The molecule has 0 spiro atoms. The van der Waals surface area contributed by atoms with E-state index in [1.807, 2.05) is 6.07 Å². The molecule has 1 aromatic rings. The van der Waals surface area contributed by atoms with Gasteiger partial charge in [-0.1, -0.05) is 15.9 Å². The molecular formula is C11H9BrClNO2. The van der Waals surface area contributed by atoms with E-state index in [9.17, 15) is 4.79 Å². The van der Waals surface area contributed by atoms with E-state index in [4.69, 9.17) is 21.6 Å². The van der Waals surface area contributed by atoms with Crippen molar-refractivity contribution in [1.82, 2.24) is 0 Å². The van der Waals surface area contributed by atoms with Crippen molar-refractivity contribution >= 4 is 33.5 Å². The first-order valence-electron chi connectivity index (χ1n) is 4.59. The zero-order chi connectivity index (χ0) is 12.1. The van der Waals surface area contributed by atoms with Crippen LogP contribution in [0.5, 0.6) is 0 Å². The first kappa shape index (κ1) is 13.0. The van der Waals surface area contributed by atoms with Crippen molar-refractivity contribution in [3.05, 3.63) is 33.3 Å². The minimum absolute atomic E-state index is 0.215. The number of carbonyl (C=O) groups excluding carboxylic acids is 1. The van der Waals surface area contributed by atoms with Crippen LogP contribution in [-0.4, -0.2) is 12.6 Å². The number of rotatable bonds is 3. The van der Waals surface area contributed by atoms with Gasteiger partial charge in [0.15, 0.2) is 0 Å². The number of nitriles is 1. The zero-order valence-electron chi connectivity index (χ0n) is 8.59. The van der Waals surface area contributed by atoms with Crippen LogP contribution in [0.1, 0.15) is 28.4 Å². The van der Waals surface area contributed by atoms with Crippen molar-refractivity contribution in [2.24, 2.45) is 0 Å². The quantitative estimate of drug-likeness (QED) is 0.636. The minimum Gasteiger partial charge on any atom is -0.462 e. The Balaban J connectivity index is 3.21. The Bertz CT molecular complexity index is 454. The summed E-state index contributed by atoms with van der Waals surface area (Å²) in [5.41, 5.74) is 1.41. The molecule has 5 heteroatoms. The monoisotopic (exact) mass is 301 g/mol. The normalized spacial score (nSPS) is 9.62. The second kappa shape index (κ2) is 5.88. The summed E-state index contributed by atoms with van der Waals surface area (Å²) in [5, 5.41) is 8.93. The molecule has 0 atom stereocenters. The molecule has 0 aliphatic heterocycles. The molecule has 0 aliphatic rings. The van der Waals surface area contributed by atoms with Crippen LogP contribution in [0.25, 0.3) is 0 Å². The van der Waals surface area contributed by atoms with Gasteiger partial charge in [-0.2, -0.15) is 5.26 Å². The number of carbonyl (C=O) groups is 1. The second-order valence-corrected chi connectivity index (χ2v) is 4.07. The number of benzene rings is 1. The molecule has 1 aromatic carbocycles. The molecule has 0 bridgehead atoms. The van der Waals surface area contributed by atoms with E-state index in [1.165, 1.54) is 6.07 Å². The maximum Gasteiger partial charge on any atom is 0.338 e. The molecule has 0 radical (unpaired) electrons. The van der Waals surface area contributed by atoms with Gasteiger partial charge in [-0.3, -0.25) is 0 Å². The SMILES string of the molecule is CCOC(=O)c1cc(Br)c(CCl)c(C#N)c1. The van der Waals surface area contributed by atoms with Gasteiger partial charge in [0.1, 0.15) is 0 Å². The summed E-state index contributed by atoms with van der Waals surface area (Å²) in [5.74, 6) is -0.229. The summed E-state index contributed by atoms with van der Waals surface area (Å²) in [7, 11) is 0. The van der Waals surface area contributed by atoms with Crippen molar-refractivity contribution in [2.75, 3.05) is 6.61 Å². The number of hydrogen-bond acceptors (Lipinski definition) is 3. The summed E-state index contributed by atoms with van der Waals surface area (Å²) in [4.78, 5) is 11.5. The van der Waals surface area contributed by atoms with Gasteiger partial charge in [0.05, 0.1) is 23.8 Å². The molecule has 1 rings (SSSR count). The largest absolute Gasteiger partial charge is 0.462 e. The first-order chi connectivity index (χ1) is 7.63. The van der Waals surface area contributed by atoms with Gasteiger partial charge >= 0.3 is 5.97 Å². The lowest BCUT2D eigenvalue weighted by Gasteiger charge is -2.07.